The molecule has 0 aliphatic rings. The van der Waals surface area contributed by atoms with Gasteiger partial charge in [-0.25, -0.2) is 14.6 Å². The summed E-state index contributed by atoms with van der Waals surface area (Å²) in [7, 11) is 1.63. The molecule has 0 bridgehead atoms. The second-order valence-corrected chi connectivity index (χ2v) is 6.73. The molecule has 4 aromatic rings. The summed E-state index contributed by atoms with van der Waals surface area (Å²) in [5.41, 5.74) is 2.95. The number of aromatic nitrogens is 5. The molecule has 4 rings (SSSR count). The van der Waals surface area contributed by atoms with E-state index in [4.69, 9.17) is 9.47 Å². The molecular formula is C22H22N6O2. The lowest BCUT2D eigenvalue weighted by Crippen LogP contribution is -2.07. The third-order valence-electron chi connectivity index (χ3n) is 4.40. The van der Waals surface area contributed by atoms with Crippen LogP contribution in [0.4, 0.5) is 5.82 Å². The van der Waals surface area contributed by atoms with Crippen LogP contribution in [0.1, 0.15) is 17.0 Å². The highest BCUT2D eigenvalue weighted by Crippen LogP contribution is 2.23. The molecular weight excluding hydrogens is 380 g/mol. The van der Waals surface area contributed by atoms with E-state index >= 15 is 0 Å². The number of methoxy groups -OCH3 is 1. The van der Waals surface area contributed by atoms with Gasteiger partial charge in [0.05, 0.1) is 25.2 Å². The van der Waals surface area contributed by atoms with Crippen LogP contribution in [0.5, 0.6) is 17.4 Å². The highest BCUT2D eigenvalue weighted by Gasteiger charge is 2.07. The van der Waals surface area contributed by atoms with Gasteiger partial charge in [0.1, 0.15) is 17.3 Å². The van der Waals surface area contributed by atoms with Gasteiger partial charge in [-0.3, -0.25) is 4.98 Å². The van der Waals surface area contributed by atoms with Gasteiger partial charge >= 0.3 is 0 Å². The van der Waals surface area contributed by atoms with Gasteiger partial charge in [-0.15, -0.1) is 0 Å². The lowest BCUT2D eigenvalue weighted by Gasteiger charge is -2.10. The fraction of sp³-hybridized carbons (Fsp3) is 0.182. The third-order valence-corrected chi connectivity index (χ3v) is 4.40. The van der Waals surface area contributed by atoms with E-state index in [0.717, 1.165) is 22.7 Å². The normalized spacial score (nSPS) is 10.6. The Morgan fingerprint density at radius 2 is 1.80 bits per heavy atom. The molecule has 0 aliphatic carbocycles. The summed E-state index contributed by atoms with van der Waals surface area (Å²) in [5.74, 6) is 3.31. The molecule has 0 saturated carbocycles. The predicted molar refractivity (Wildman–Crippen MR) is 113 cm³/mol. The van der Waals surface area contributed by atoms with Crippen molar-refractivity contribution in [3.8, 4) is 23.2 Å². The molecule has 0 aliphatic heterocycles. The van der Waals surface area contributed by atoms with Gasteiger partial charge in [-0.05, 0) is 55.8 Å². The number of rotatable bonds is 7. The smallest absolute Gasteiger partial charge is 0.219 e. The quantitative estimate of drug-likeness (QED) is 0.498. The number of anilines is 1. The lowest BCUT2D eigenvalue weighted by molar-refractivity contribution is 0.412. The molecule has 0 radical (unpaired) electrons. The van der Waals surface area contributed by atoms with E-state index in [0.29, 0.717) is 29.8 Å². The summed E-state index contributed by atoms with van der Waals surface area (Å²) in [6, 6.07) is 13.2. The number of hydrogen-bond donors (Lipinski definition) is 1. The summed E-state index contributed by atoms with van der Waals surface area (Å²) in [6.45, 7) is 4.49. The van der Waals surface area contributed by atoms with Gasteiger partial charge in [-0.2, -0.15) is 5.10 Å². The van der Waals surface area contributed by atoms with Crippen molar-refractivity contribution in [1.82, 2.24) is 24.7 Å². The van der Waals surface area contributed by atoms with Crippen molar-refractivity contribution in [3.05, 3.63) is 78.0 Å². The van der Waals surface area contributed by atoms with E-state index in [9.17, 15) is 0 Å². The first kappa shape index (κ1) is 19.4. The maximum Gasteiger partial charge on any atom is 0.219 e. The van der Waals surface area contributed by atoms with Crippen LogP contribution in [0, 0.1) is 13.8 Å². The maximum absolute atomic E-state index is 5.83. The van der Waals surface area contributed by atoms with Gasteiger partial charge in [0, 0.05) is 24.5 Å². The number of nitrogens with zero attached hydrogens (tertiary/aromatic N) is 5. The summed E-state index contributed by atoms with van der Waals surface area (Å²) < 4.78 is 12.8. The average Bonchev–Trinajstić information content (AvgIpc) is 3.11. The average molecular weight is 402 g/mol. The molecule has 8 nitrogen and oxygen atoms in total. The molecule has 0 fully saturated rings. The molecule has 30 heavy (non-hydrogen) atoms. The lowest BCUT2D eigenvalue weighted by atomic mass is 10.2. The number of ether oxygens (including phenoxy) is 2. The van der Waals surface area contributed by atoms with Crippen molar-refractivity contribution in [2.24, 2.45) is 0 Å². The van der Waals surface area contributed by atoms with E-state index in [2.05, 4.69) is 25.4 Å². The van der Waals surface area contributed by atoms with E-state index in [1.165, 1.54) is 0 Å². The highest BCUT2D eigenvalue weighted by molar-refractivity contribution is 5.39. The van der Waals surface area contributed by atoms with Gasteiger partial charge in [0.25, 0.3) is 0 Å². The van der Waals surface area contributed by atoms with Crippen molar-refractivity contribution in [3.63, 3.8) is 0 Å². The van der Waals surface area contributed by atoms with Crippen LogP contribution in [0.2, 0.25) is 0 Å². The standard InChI is InChI=1S/C22H22N6O2/c1-15-10-16(2)28(27-15)21-14-23-13-20(26-21)25-12-17-8-9-24-22(11-17)30-19-6-4-18(29-3)5-7-19/h4-11,13-14H,12H2,1-3H3,(H,25,26). The van der Waals surface area contributed by atoms with Gasteiger partial charge in [0.2, 0.25) is 5.88 Å². The van der Waals surface area contributed by atoms with Gasteiger partial charge in [-0.1, -0.05) is 0 Å². The molecule has 0 unspecified atom stereocenters. The van der Waals surface area contributed by atoms with E-state index in [1.54, 1.807) is 30.4 Å². The van der Waals surface area contributed by atoms with Crippen LogP contribution in [0.15, 0.2) is 61.1 Å². The molecule has 0 atom stereocenters. The Morgan fingerprint density at radius 3 is 2.53 bits per heavy atom. The minimum atomic E-state index is 0.516. The van der Waals surface area contributed by atoms with Crippen molar-refractivity contribution < 1.29 is 9.47 Å². The largest absolute Gasteiger partial charge is 0.497 e. The number of benzene rings is 1. The molecule has 0 spiro atoms. The van der Waals surface area contributed by atoms with Crippen LogP contribution in [0.25, 0.3) is 5.82 Å². The summed E-state index contributed by atoms with van der Waals surface area (Å²) in [4.78, 5) is 13.2. The maximum atomic E-state index is 5.83. The first-order chi connectivity index (χ1) is 14.6. The predicted octanol–water partition coefficient (Wildman–Crippen LogP) is 4.09. The monoisotopic (exact) mass is 402 g/mol. The fourth-order valence-corrected chi connectivity index (χ4v) is 2.98. The Balaban J connectivity index is 1.43. The second-order valence-electron chi connectivity index (χ2n) is 6.73. The van der Waals surface area contributed by atoms with E-state index in [-0.39, 0.29) is 0 Å². The van der Waals surface area contributed by atoms with Crippen LogP contribution >= 0.6 is 0 Å². The van der Waals surface area contributed by atoms with Crippen LogP contribution < -0.4 is 14.8 Å². The van der Waals surface area contributed by atoms with Crippen molar-refractivity contribution in [2.75, 3.05) is 12.4 Å². The first-order valence-corrected chi connectivity index (χ1v) is 9.47. The van der Waals surface area contributed by atoms with E-state index < -0.39 is 0 Å². The SMILES string of the molecule is COc1ccc(Oc2cc(CNc3cncc(-n4nc(C)cc4C)n3)ccn2)cc1. The van der Waals surface area contributed by atoms with Crippen LogP contribution in [0.3, 0.4) is 0 Å². The van der Waals surface area contributed by atoms with Crippen LogP contribution in [-0.4, -0.2) is 31.8 Å². The van der Waals surface area contributed by atoms with Crippen molar-refractivity contribution in [1.29, 1.82) is 0 Å². The fourth-order valence-electron chi connectivity index (χ4n) is 2.98. The molecule has 0 amide bonds. The Bertz CT molecular complexity index is 1140. The molecule has 1 N–H and O–H groups in total. The van der Waals surface area contributed by atoms with Gasteiger partial charge in [0.15, 0.2) is 5.82 Å². The van der Waals surface area contributed by atoms with E-state index in [1.807, 2.05) is 56.3 Å². The molecule has 1 aromatic carbocycles. The summed E-state index contributed by atoms with van der Waals surface area (Å²) in [5, 5.41) is 7.74. The summed E-state index contributed by atoms with van der Waals surface area (Å²) in [6.07, 6.45) is 5.09. The second kappa shape index (κ2) is 8.60. The first-order valence-electron chi connectivity index (χ1n) is 9.47. The zero-order valence-corrected chi connectivity index (χ0v) is 17.0. The number of nitrogens with one attached hydrogen (secondary N) is 1. The molecule has 152 valence electrons. The minimum absolute atomic E-state index is 0.516. The van der Waals surface area contributed by atoms with Crippen molar-refractivity contribution in [2.45, 2.75) is 20.4 Å². The van der Waals surface area contributed by atoms with Crippen LogP contribution in [-0.2, 0) is 6.54 Å². The number of aryl methyl sites for hydroxylation is 2. The van der Waals surface area contributed by atoms with Crippen molar-refractivity contribution >= 4 is 5.82 Å². The zero-order chi connectivity index (χ0) is 20.9. The Morgan fingerprint density at radius 1 is 1.00 bits per heavy atom. The molecule has 0 saturated heterocycles. The Labute approximate surface area is 174 Å². The molecule has 3 aromatic heterocycles. The Hall–Kier alpha value is -3.94. The molecule has 3 heterocycles. The zero-order valence-electron chi connectivity index (χ0n) is 17.0. The number of hydrogen-bond acceptors (Lipinski definition) is 7. The highest BCUT2D eigenvalue weighted by atomic mass is 16.5. The third kappa shape index (κ3) is 4.54. The minimum Gasteiger partial charge on any atom is -0.497 e. The number of pyridine rings is 1. The molecule has 8 heteroatoms. The summed E-state index contributed by atoms with van der Waals surface area (Å²) >= 11 is 0. The Kier molecular flexibility index (Phi) is 5.56. The topological polar surface area (TPSA) is 87.0 Å². The van der Waals surface area contributed by atoms with Gasteiger partial charge < -0.3 is 14.8 Å².